The fraction of sp³-hybridized carbons (Fsp3) is 0.588. The molecule has 1 saturated heterocycles. The summed E-state index contributed by atoms with van der Waals surface area (Å²) in [6, 6.07) is 8.62. The van der Waals surface area contributed by atoms with Crippen LogP contribution in [0.3, 0.4) is 0 Å². The Hall–Kier alpha value is -1.44. The van der Waals surface area contributed by atoms with Crippen LogP contribution in [0.15, 0.2) is 30.3 Å². The first-order valence-electron chi connectivity index (χ1n) is 8.53. The number of hydrogen-bond acceptors (Lipinski definition) is 4. The molecule has 1 aromatic carbocycles. The molecule has 0 saturated carbocycles. The third kappa shape index (κ3) is 4.78. The molecule has 1 aromatic rings. The Morgan fingerprint density at radius 2 is 2.08 bits per heavy atom. The summed E-state index contributed by atoms with van der Waals surface area (Å²) >= 11 is 0. The lowest BCUT2D eigenvalue weighted by Gasteiger charge is -2.24. The van der Waals surface area contributed by atoms with Gasteiger partial charge in [0.15, 0.2) is 0 Å². The molecule has 0 bridgehead atoms. The monoisotopic (exact) mass is 353 g/mol. The number of benzene rings is 1. The van der Waals surface area contributed by atoms with Crippen LogP contribution < -0.4 is 11.1 Å². The van der Waals surface area contributed by atoms with Gasteiger partial charge in [-0.05, 0) is 24.8 Å². The summed E-state index contributed by atoms with van der Waals surface area (Å²) in [5.74, 6) is -0.143. The van der Waals surface area contributed by atoms with Gasteiger partial charge in [-0.15, -0.1) is 0 Å². The fourth-order valence-electron chi connectivity index (χ4n) is 2.93. The fourth-order valence-corrected chi connectivity index (χ4v) is 4.81. The average Bonchev–Trinajstić information content (AvgIpc) is 3.09. The molecule has 2 rings (SSSR count). The molecular formula is C17H27N3O3S. The van der Waals surface area contributed by atoms with Gasteiger partial charge in [-0.25, -0.2) is 8.42 Å². The van der Waals surface area contributed by atoms with Crippen LogP contribution in [0.25, 0.3) is 0 Å². The van der Waals surface area contributed by atoms with Crippen LogP contribution in [0.4, 0.5) is 0 Å². The van der Waals surface area contributed by atoms with Gasteiger partial charge >= 0.3 is 0 Å². The smallest absolute Gasteiger partial charge is 0.238 e. The summed E-state index contributed by atoms with van der Waals surface area (Å²) in [7, 11) is -3.37. The third-order valence-electron chi connectivity index (χ3n) is 4.34. The van der Waals surface area contributed by atoms with Crippen molar-refractivity contribution in [1.82, 2.24) is 9.62 Å². The zero-order chi connectivity index (χ0) is 17.6. The number of hydrogen-bond donors (Lipinski definition) is 2. The molecule has 7 heteroatoms. The summed E-state index contributed by atoms with van der Waals surface area (Å²) in [5, 5.41) is 2.81. The molecule has 3 N–H and O–H groups in total. The van der Waals surface area contributed by atoms with Gasteiger partial charge in [0.1, 0.15) is 6.04 Å². The van der Waals surface area contributed by atoms with E-state index in [9.17, 15) is 13.2 Å². The highest BCUT2D eigenvalue weighted by molar-refractivity contribution is 7.89. The molecule has 0 radical (unpaired) electrons. The second kappa shape index (κ2) is 8.60. The Bertz CT molecular complexity index is 634. The van der Waals surface area contributed by atoms with E-state index in [0.717, 1.165) is 12.0 Å². The van der Waals surface area contributed by atoms with E-state index in [0.29, 0.717) is 32.4 Å². The van der Waals surface area contributed by atoms with Crippen LogP contribution >= 0.6 is 0 Å². The Kier molecular flexibility index (Phi) is 6.77. The van der Waals surface area contributed by atoms with Gasteiger partial charge < -0.3 is 11.1 Å². The molecule has 1 fully saturated rings. The van der Waals surface area contributed by atoms with Crippen molar-refractivity contribution in [3.05, 3.63) is 35.9 Å². The van der Waals surface area contributed by atoms with Crippen molar-refractivity contribution in [3.63, 3.8) is 0 Å². The highest BCUT2D eigenvalue weighted by Gasteiger charge is 2.38. The quantitative estimate of drug-likeness (QED) is 0.739. The van der Waals surface area contributed by atoms with E-state index in [1.54, 1.807) is 0 Å². The van der Waals surface area contributed by atoms with Crippen molar-refractivity contribution < 1.29 is 13.2 Å². The van der Waals surface area contributed by atoms with Gasteiger partial charge in [-0.1, -0.05) is 43.7 Å². The van der Waals surface area contributed by atoms with Crippen molar-refractivity contribution in [2.45, 2.75) is 44.7 Å². The SMILES string of the molecule is CCCCS(=O)(=O)N1CCCC1C(=O)NCC(N)c1ccccc1. The summed E-state index contributed by atoms with van der Waals surface area (Å²) in [6.07, 6.45) is 2.72. The number of carbonyl (C=O) groups excluding carboxylic acids is 1. The Morgan fingerprint density at radius 1 is 1.38 bits per heavy atom. The van der Waals surface area contributed by atoms with Crippen molar-refractivity contribution in [1.29, 1.82) is 0 Å². The molecule has 134 valence electrons. The first-order chi connectivity index (χ1) is 11.5. The minimum atomic E-state index is -3.37. The molecule has 2 unspecified atom stereocenters. The maximum Gasteiger partial charge on any atom is 0.238 e. The molecular weight excluding hydrogens is 326 g/mol. The largest absolute Gasteiger partial charge is 0.353 e. The molecule has 2 atom stereocenters. The predicted molar refractivity (Wildman–Crippen MR) is 94.8 cm³/mol. The summed E-state index contributed by atoms with van der Waals surface area (Å²) in [6.45, 7) is 2.67. The van der Waals surface area contributed by atoms with E-state index in [1.807, 2.05) is 37.3 Å². The molecule has 0 aromatic heterocycles. The second-order valence-corrected chi connectivity index (χ2v) is 8.24. The maximum absolute atomic E-state index is 12.4. The van der Waals surface area contributed by atoms with Gasteiger partial charge in [-0.3, -0.25) is 4.79 Å². The number of sulfonamides is 1. The Labute approximate surface area is 144 Å². The number of nitrogens with two attached hydrogens (primary N) is 1. The zero-order valence-corrected chi connectivity index (χ0v) is 15.0. The minimum absolute atomic E-state index is 0.108. The van der Waals surface area contributed by atoms with Crippen LogP contribution in [-0.4, -0.2) is 43.5 Å². The molecule has 1 aliphatic heterocycles. The van der Waals surface area contributed by atoms with E-state index >= 15 is 0 Å². The van der Waals surface area contributed by atoms with Gasteiger partial charge in [-0.2, -0.15) is 4.31 Å². The lowest BCUT2D eigenvalue weighted by Crippen LogP contribution is -2.47. The van der Waals surface area contributed by atoms with Crippen LogP contribution in [0.1, 0.15) is 44.2 Å². The maximum atomic E-state index is 12.4. The van der Waals surface area contributed by atoms with E-state index in [-0.39, 0.29) is 17.7 Å². The zero-order valence-electron chi connectivity index (χ0n) is 14.1. The number of unbranched alkanes of at least 4 members (excludes halogenated alkanes) is 1. The lowest BCUT2D eigenvalue weighted by molar-refractivity contribution is -0.124. The van der Waals surface area contributed by atoms with Gasteiger partial charge in [0.25, 0.3) is 0 Å². The number of rotatable bonds is 8. The standard InChI is InChI=1S/C17H27N3O3S/c1-2-3-12-24(22,23)20-11-7-10-16(20)17(21)19-13-15(18)14-8-5-4-6-9-14/h4-6,8-9,15-16H,2-3,7,10-13,18H2,1H3,(H,19,21). The van der Waals surface area contributed by atoms with Crippen LogP contribution in [0.5, 0.6) is 0 Å². The van der Waals surface area contributed by atoms with Crippen molar-refractivity contribution >= 4 is 15.9 Å². The van der Waals surface area contributed by atoms with Crippen molar-refractivity contribution in [2.75, 3.05) is 18.8 Å². The van der Waals surface area contributed by atoms with E-state index in [2.05, 4.69) is 5.32 Å². The van der Waals surface area contributed by atoms with Crippen LogP contribution in [-0.2, 0) is 14.8 Å². The van der Waals surface area contributed by atoms with Crippen molar-refractivity contribution in [3.8, 4) is 0 Å². The molecule has 0 aliphatic carbocycles. The summed E-state index contributed by atoms with van der Waals surface area (Å²) in [4.78, 5) is 12.4. The lowest BCUT2D eigenvalue weighted by atomic mass is 10.1. The highest BCUT2D eigenvalue weighted by atomic mass is 32.2. The molecule has 1 heterocycles. The molecule has 6 nitrogen and oxygen atoms in total. The molecule has 0 spiro atoms. The summed E-state index contributed by atoms with van der Waals surface area (Å²) in [5.41, 5.74) is 7.02. The van der Waals surface area contributed by atoms with Crippen LogP contribution in [0, 0.1) is 0 Å². The first kappa shape index (κ1) is 18.9. The summed E-state index contributed by atoms with van der Waals surface area (Å²) < 4.78 is 26.1. The Morgan fingerprint density at radius 3 is 2.75 bits per heavy atom. The number of carbonyl (C=O) groups is 1. The van der Waals surface area contributed by atoms with Gasteiger partial charge in [0.2, 0.25) is 15.9 Å². The normalized spacial score (nSPS) is 20.0. The molecule has 1 aliphatic rings. The highest BCUT2D eigenvalue weighted by Crippen LogP contribution is 2.22. The minimum Gasteiger partial charge on any atom is -0.353 e. The van der Waals surface area contributed by atoms with Crippen molar-refractivity contribution in [2.24, 2.45) is 5.73 Å². The number of amides is 1. The molecule has 1 amide bonds. The molecule has 24 heavy (non-hydrogen) atoms. The first-order valence-corrected chi connectivity index (χ1v) is 10.1. The topological polar surface area (TPSA) is 92.5 Å². The second-order valence-electron chi connectivity index (χ2n) is 6.20. The average molecular weight is 353 g/mol. The van der Waals surface area contributed by atoms with E-state index < -0.39 is 16.1 Å². The number of nitrogens with zero attached hydrogens (tertiary/aromatic N) is 1. The van der Waals surface area contributed by atoms with Gasteiger partial charge in [0.05, 0.1) is 5.75 Å². The van der Waals surface area contributed by atoms with E-state index in [4.69, 9.17) is 5.73 Å². The van der Waals surface area contributed by atoms with Gasteiger partial charge in [0, 0.05) is 19.1 Å². The third-order valence-corrected chi connectivity index (χ3v) is 6.30. The predicted octanol–water partition coefficient (Wildman–Crippen LogP) is 1.40. The van der Waals surface area contributed by atoms with E-state index in [1.165, 1.54) is 4.31 Å². The van der Waals surface area contributed by atoms with Crippen LogP contribution in [0.2, 0.25) is 0 Å². The number of nitrogens with one attached hydrogen (secondary N) is 1. The Balaban J connectivity index is 1.93.